The van der Waals surface area contributed by atoms with Crippen molar-refractivity contribution in [1.82, 2.24) is 5.32 Å². The van der Waals surface area contributed by atoms with Crippen molar-refractivity contribution >= 4 is 0 Å². The van der Waals surface area contributed by atoms with E-state index in [0.29, 0.717) is 18.0 Å². The number of phenolic OH excluding ortho intramolecular Hbond substituents is 1. The van der Waals surface area contributed by atoms with E-state index < -0.39 is 11.4 Å². The quantitative estimate of drug-likeness (QED) is 0.795. The number of hydrogen-bond donors (Lipinski definition) is 3. The van der Waals surface area contributed by atoms with E-state index in [2.05, 4.69) is 12.2 Å². The zero-order valence-corrected chi connectivity index (χ0v) is 12.2. The third-order valence-corrected chi connectivity index (χ3v) is 4.39. The molecule has 0 aromatic heterocycles. The Morgan fingerprint density at radius 3 is 2.65 bits per heavy atom. The van der Waals surface area contributed by atoms with Crippen molar-refractivity contribution in [1.29, 1.82) is 0 Å². The van der Waals surface area contributed by atoms with Crippen molar-refractivity contribution in [3.05, 3.63) is 29.6 Å². The molecule has 0 bridgehead atoms. The molecule has 0 aliphatic heterocycles. The lowest BCUT2D eigenvalue weighted by Crippen LogP contribution is -2.44. The molecule has 20 heavy (non-hydrogen) atoms. The number of hydrogen-bond acceptors (Lipinski definition) is 3. The lowest BCUT2D eigenvalue weighted by Gasteiger charge is -2.36. The molecule has 112 valence electrons. The van der Waals surface area contributed by atoms with Gasteiger partial charge in [-0.25, -0.2) is 4.39 Å². The fourth-order valence-corrected chi connectivity index (χ4v) is 2.80. The van der Waals surface area contributed by atoms with Gasteiger partial charge in [0.2, 0.25) is 0 Å². The van der Waals surface area contributed by atoms with Crippen LogP contribution in [0.4, 0.5) is 4.39 Å². The minimum Gasteiger partial charge on any atom is -0.508 e. The molecule has 3 nitrogen and oxygen atoms in total. The third-order valence-electron chi connectivity index (χ3n) is 4.39. The number of benzene rings is 1. The Morgan fingerprint density at radius 2 is 2.05 bits per heavy atom. The van der Waals surface area contributed by atoms with Crippen molar-refractivity contribution < 1.29 is 14.6 Å². The Bertz CT molecular complexity index is 456. The van der Waals surface area contributed by atoms with Crippen LogP contribution >= 0.6 is 0 Å². The molecule has 1 aromatic rings. The highest BCUT2D eigenvalue weighted by atomic mass is 19.1. The molecule has 1 unspecified atom stereocenters. The van der Waals surface area contributed by atoms with Crippen molar-refractivity contribution in [3.63, 3.8) is 0 Å². The van der Waals surface area contributed by atoms with E-state index in [1.807, 2.05) is 6.92 Å². The minimum atomic E-state index is -0.672. The van der Waals surface area contributed by atoms with Gasteiger partial charge in [-0.05, 0) is 44.6 Å². The Labute approximate surface area is 119 Å². The SMILES string of the molecule is CC1CCC(O)(CNC(C)c2ccc(O)cc2F)CC1. The molecule has 2 rings (SSSR count). The minimum absolute atomic E-state index is 0.0710. The third kappa shape index (κ3) is 3.70. The molecule has 0 radical (unpaired) electrons. The monoisotopic (exact) mass is 281 g/mol. The van der Waals surface area contributed by atoms with Crippen LogP contribution in [-0.2, 0) is 0 Å². The van der Waals surface area contributed by atoms with Gasteiger partial charge in [0.05, 0.1) is 5.60 Å². The summed E-state index contributed by atoms with van der Waals surface area (Å²) in [5, 5.41) is 22.9. The Morgan fingerprint density at radius 1 is 1.40 bits per heavy atom. The predicted octanol–water partition coefficient (Wildman–Crippen LogP) is 3.12. The maximum atomic E-state index is 13.8. The molecule has 0 saturated heterocycles. The Balaban J connectivity index is 1.93. The highest BCUT2D eigenvalue weighted by molar-refractivity contribution is 5.29. The van der Waals surface area contributed by atoms with Gasteiger partial charge < -0.3 is 15.5 Å². The predicted molar refractivity (Wildman–Crippen MR) is 77.1 cm³/mol. The lowest BCUT2D eigenvalue weighted by atomic mass is 9.79. The van der Waals surface area contributed by atoms with E-state index in [9.17, 15) is 14.6 Å². The van der Waals surface area contributed by atoms with Gasteiger partial charge in [-0.15, -0.1) is 0 Å². The summed E-state index contributed by atoms with van der Waals surface area (Å²) in [5.74, 6) is 0.190. The van der Waals surface area contributed by atoms with Gasteiger partial charge in [-0.1, -0.05) is 13.0 Å². The first kappa shape index (κ1) is 15.3. The maximum Gasteiger partial charge on any atom is 0.131 e. The molecule has 3 N–H and O–H groups in total. The van der Waals surface area contributed by atoms with Gasteiger partial charge in [0.15, 0.2) is 0 Å². The summed E-state index contributed by atoms with van der Waals surface area (Å²) in [6, 6.07) is 3.98. The summed E-state index contributed by atoms with van der Waals surface area (Å²) in [4.78, 5) is 0. The molecule has 1 aliphatic rings. The van der Waals surface area contributed by atoms with Crippen LogP contribution in [0, 0.1) is 11.7 Å². The van der Waals surface area contributed by atoms with Crippen LogP contribution in [0.1, 0.15) is 51.1 Å². The maximum absolute atomic E-state index is 13.8. The number of phenols is 1. The summed E-state index contributed by atoms with van der Waals surface area (Å²) in [5.41, 5.74) is -0.163. The number of aliphatic hydroxyl groups is 1. The van der Waals surface area contributed by atoms with Crippen LogP contribution < -0.4 is 5.32 Å². The standard InChI is InChI=1S/C16H24FNO2/c1-11-5-7-16(20,8-6-11)10-18-12(2)14-4-3-13(19)9-15(14)17/h3-4,9,11-12,18-20H,5-8,10H2,1-2H3. The second-order valence-electron chi connectivity index (χ2n) is 6.22. The molecule has 0 heterocycles. The fraction of sp³-hybridized carbons (Fsp3) is 0.625. The number of halogens is 1. The van der Waals surface area contributed by atoms with Crippen molar-refractivity contribution in [3.8, 4) is 5.75 Å². The van der Waals surface area contributed by atoms with Crippen LogP contribution in [0.15, 0.2) is 18.2 Å². The fourth-order valence-electron chi connectivity index (χ4n) is 2.80. The molecule has 1 fully saturated rings. The highest BCUT2D eigenvalue weighted by Gasteiger charge is 2.31. The van der Waals surface area contributed by atoms with E-state index in [-0.39, 0.29) is 11.8 Å². The molecule has 0 amide bonds. The summed E-state index contributed by atoms with van der Waals surface area (Å²) in [6.07, 6.45) is 3.68. The molecule has 1 atom stereocenters. The Kier molecular flexibility index (Phi) is 4.66. The molecule has 1 saturated carbocycles. The van der Waals surface area contributed by atoms with Gasteiger partial charge in [0.1, 0.15) is 11.6 Å². The van der Waals surface area contributed by atoms with Gasteiger partial charge in [0, 0.05) is 24.2 Å². The second kappa shape index (κ2) is 6.10. The number of rotatable bonds is 4. The second-order valence-corrected chi connectivity index (χ2v) is 6.22. The zero-order chi connectivity index (χ0) is 14.8. The molecular weight excluding hydrogens is 257 g/mol. The zero-order valence-electron chi connectivity index (χ0n) is 12.2. The normalized spacial score (nSPS) is 28.3. The van der Waals surface area contributed by atoms with Gasteiger partial charge in [0.25, 0.3) is 0 Å². The van der Waals surface area contributed by atoms with Crippen molar-refractivity contribution in [2.45, 2.75) is 51.2 Å². The highest BCUT2D eigenvalue weighted by Crippen LogP contribution is 2.32. The average molecular weight is 281 g/mol. The van der Waals surface area contributed by atoms with Gasteiger partial charge >= 0.3 is 0 Å². The van der Waals surface area contributed by atoms with Crippen LogP contribution in [0.3, 0.4) is 0 Å². The van der Waals surface area contributed by atoms with Crippen LogP contribution in [0.5, 0.6) is 5.75 Å². The van der Waals surface area contributed by atoms with Crippen LogP contribution in [0.2, 0.25) is 0 Å². The first-order chi connectivity index (χ1) is 9.39. The van der Waals surface area contributed by atoms with E-state index >= 15 is 0 Å². The summed E-state index contributed by atoms with van der Waals surface area (Å²) in [7, 11) is 0. The van der Waals surface area contributed by atoms with Crippen molar-refractivity contribution in [2.75, 3.05) is 6.54 Å². The summed E-state index contributed by atoms with van der Waals surface area (Å²) < 4.78 is 13.8. The molecule has 1 aromatic carbocycles. The topological polar surface area (TPSA) is 52.5 Å². The van der Waals surface area contributed by atoms with Gasteiger partial charge in [-0.3, -0.25) is 0 Å². The van der Waals surface area contributed by atoms with Crippen LogP contribution in [0.25, 0.3) is 0 Å². The molecule has 1 aliphatic carbocycles. The smallest absolute Gasteiger partial charge is 0.131 e. The molecular formula is C16H24FNO2. The summed E-state index contributed by atoms with van der Waals surface area (Å²) >= 11 is 0. The van der Waals surface area contributed by atoms with Gasteiger partial charge in [-0.2, -0.15) is 0 Å². The van der Waals surface area contributed by atoms with Crippen molar-refractivity contribution in [2.24, 2.45) is 5.92 Å². The van der Waals surface area contributed by atoms with E-state index in [1.165, 1.54) is 6.07 Å². The Hall–Kier alpha value is -1.13. The number of aromatic hydroxyl groups is 1. The molecule has 4 heteroatoms. The van der Waals surface area contributed by atoms with E-state index in [0.717, 1.165) is 31.7 Å². The van der Waals surface area contributed by atoms with Crippen LogP contribution in [-0.4, -0.2) is 22.4 Å². The van der Waals surface area contributed by atoms with E-state index in [1.54, 1.807) is 6.07 Å². The summed E-state index contributed by atoms with van der Waals surface area (Å²) in [6.45, 7) is 4.55. The first-order valence-corrected chi connectivity index (χ1v) is 7.34. The number of nitrogens with one attached hydrogen (secondary N) is 1. The first-order valence-electron chi connectivity index (χ1n) is 7.34. The molecule has 0 spiro atoms. The van der Waals surface area contributed by atoms with E-state index in [4.69, 9.17) is 0 Å². The average Bonchev–Trinajstić information content (AvgIpc) is 2.40. The lowest BCUT2D eigenvalue weighted by molar-refractivity contribution is -0.00791. The largest absolute Gasteiger partial charge is 0.508 e.